The van der Waals surface area contributed by atoms with Crippen LogP contribution in [0.25, 0.3) is 0 Å². The molecule has 1 aromatic rings. The molecule has 0 aliphatic carbocycles. The number of nitrogens with two attached hydrogens (primary N) is 1. The Bertz CT molecular complexity index is 408. The Morgan fingerprint density at radius 3 is 2.32 bits per heavy atom. The first-order chi connectivity index (χ1) is 8.91. The molecule has 106 valence electrons. The van der Waals surface area contributed by atoms with Gasteiger partial charge in [-0.15, -0.1) is 0 Å². The summed E-state index contributed by atoms with van der Waals surface area (Å²) >= 11 is 0. The molecule has 0 bridgehead atoms. The van der Waals surface area contributed by atoms with Gasteiger partial charge in [-0.25, -0.2) is 0 Å². The van der Waals surface area contributed by atoms with Crippen molar-refractivity contribution in [3.05, 3.63) is 35.4 Å². The number of hydrogen-bond donors (Lipinski definition) is 2. The van der Waals surface area contributed by atoms with Gasteiger partial charge in [0.05, 0.1) is 18.8 Å². The topological polar surface area (TPSA) is 47.3 Å². The second kappa shape index (κ2) is 5.61. The summed E-state index contributed by atoms with van der Waals surface area (Å²) < 4.78 is 5.65. The Morgan fingerprint density at radius 2 is 1.89 bits per heavy atom. The fraction of sp³-hybridized carbons (Fsp3) is 0.625. The van der Waals surface area contributed by atoms with E-state index in [9.17, 15) is 0 Å². The second-order valence-electron chi connectivity index (χ2n) is 6.66. The van der Waals surface area contributed by atoms with Gasteiger partial charge >= 0.3 is 0 Å². The molecule has 3 N–H and O–H groups in total. The lowest BCUT2D eigenvalue weighted by molar-refractivity contribution is 0.117. The minimum atomic E-state index is 0.180. The van der Waals surface area contributed by atoms with Crippen LogP contribution in [0.1, 0.15) is 51.3 Å². The van der Waals surface area contributed by atoms with Crippen LogP contribution >= 0.6 is 0 Å². The van der Waals surface area contributed by atoms with Gasteiger partial charge in [0, 0.05) is 5.92 Å². The summed E-state index contributed by atoms with van der Waals surface area (Å²) in [5, 5.41) is 0. The van der Waals surface area contributed by atoms with Crippen molar-refractivity contribution >= 4 is 0 Å². The van der Waals surface area contributed by atoms with Crippen LogP contribution in [0.3, 0.4) is 0 Å². The predicted molar refractivity (Wildman–Crippen MR) is 78.7 cm³/mol. The van der Waals surface area contributed by atoms with Crippen LogP contribution < -0.4 is 11.3 Å². The van der Waals surface area contributed by atoms with Gasteiger partial charge in [-0.2, -0.15) is 0 Å². The van der Waals surface area contributed by atoms with Crippen LogP contribution in [0.5, 0.6) is 0 Å². The Hall–Kier alpha value is -0.900. The van der Waals surface area contributed by atoms with Gasteiger partial charge in [0.2, 0.25) is 0 Å². The first-order valence-electron chi connectivity index (χ1n) is 7.10. The van der Waals surface area contributed by atoms with E-state index in [-0.39, 0.29) is 11.5 Å². The van der Waals surface area contributed by atoms with E-state index >= 15 is 0 Å². The maximum atomic E-state index is 5.75. The average Bonchev–Trinajstić information content (AvgIpc) is 2.76. The molecule has 1 aromatic carbocycles. The molecule has 3 atom stereocenters. The van der Waals surface area contributed by atoms with Crippen molar-refractivity contribution in [3.63, 3.8) is 0 Å². The third-order valence-electron chi connectivity index (χ3n) is 4.02. The first-order valence-corrected chi connectivity index (χ1v) is 7.10. The molecule has 1 heterocycles. The molecular weight excluding hydrogens is 236 g/mol. The molecule has 0 radical (unpaired) electrons. The van der Waals surface area contributed by atoms with E-state index in [1.807, 2.05) is 0 Å². The molecule has 0 amide bonds. The van der Waals surface area contributed by atoms with Crippen LogP contribution in [0.15, 0.2) is 24.3 Å². The molecule has 1 saturated heterocycles. The van der Waals surface area contributed by atoms with Crippen molar-refractivity contribution < 1.29 is 4.74 Å². The number of nitrogens with one attached hydrogen (secondary N) is 1. The van der Waals surface area contributed by atoms with E-state index in [0.29, 0.717) is 12.0 Å². The highest BCUT2D eigenvalue weighted by molar-refractivity contribution is 5.29. The van der Waals surface area contributed by atoms with Crippen LogP contribution in [0, 0.1) is 5.92 Å². The summed E-state index contributed by atoms with van der Waals surface area (Å²) in [7, 11) is 0. The molecule has 1 aliphatic rings. The van der Waals surface area contributed by atoms with Crippen LogP contribution in [-0.2, 0) is 10.2 Å². The fourth-order valence-corrected chi connectivity index (χ4v) is 2.78. The predicted octanol–water partition coefficient (Wildman–Crippen LogP) is 2.91. The third kappa shape index (κ3) is 3.35. The van der Waals surface area contributed by atoms with Gasteiger partial charge in [0.15, 0.2) is 0 Å². The lowest BCUT2D eigenvalue weighted by atomic mass is 9.85. The van der Waals surface area contributed by atoms with E-state index < -0.39 is 0 Å². The summed E-state index contributed by atoms with van der Waals surface area (Å²) in [5.74, 6) is 6.21. The normalized spacial score (nSPS) is 25.5. The highest BCUT2D eigenvalue weighted by Crippen LogP contribution is 2.32. The molecule has 3 unspecified atom stereocenters. The molecule has 1 aliphatic heterocycles. The third-order valence-corrected chi connectivity index (χ3v) is 4.02. The standard InChI is InChI=1S/C16H26N2O/c1-11-9-13(10-19-11)15(18-17)12-5-7-14(8-6-12)16(2,3)4/h5-8,11,13,15,18H,9-10,17H2,1-4H3. The average molecular weight is 262 g/mol. The largest absolute Gasteiger partial charge is 0.378 e. The molecular formula is C16H26N2O. The molecule has 0 spiro atoms. The Labute approximate surface area is 116 Å². The van der Waals surface area contributed by atoms with Gasteiger partial charge in [-0.3, -0.25) is 11.3 Å². The van der Waals surface area contributed by atoms with Gasteiger partial charge in [0.1, 0.15) is 0 Å². The lowest BCUT2D eigenvalue weighted by Gasteiger charge is -2.24. The van der Waals surface area contributed by atoms with Crippen molar-refractivity contribution in [1.29, 1.82) is 0 Å². The quantitative estimate of drug-likeness (QED) is 0.650. The number of hydrogen-bond acceptors (Lipinski definition) is 3. The van der Waals surface area contributed by atoms with Gasteiger partial charge in [-0.05, 0) is 29.9 Å². The van der Waals surface area contributed by atoms with Crippen molar-refractivity contribution in [2.24, 2.45) is 11.8 Å². The maximum absolute atomic E-state index is 5.75. The van der Waals surface area contributed by atoms with Crippen molar-refractivity contribution in [2.75, 3.05) is 6.61 Å². The summed E-state index contributed by atoms with van der Waals surface area (Å²) in [5.41, 5.74) is 5.75. The zero-order valence-corrected chi connectivity index (χ0v) is 12.4. The molecule has 3 heteroatoms. The minimum absolute atomic E-state index is 0.180. The van der Waals surface area contributed by atoms with Crippen LogP contribution in [-0.4, -0.2) is 12.7 Å². The van der Waals surface area contributed by atoms with E-state index in [2.05, 4.69) is 57.4 Å². The van der Waals surface area contributed by atoms with Crippen molar-refractivity contribution in [3.8, 4) is 0 Å². The Balaban J connectivity index is 2.15. The summed E-state index contributed by atoms with van der Waals surface area (Å²) in [4.78, 5) is 0. The molecule has 0 saturated carbocycles. The Kier molecular flexibility index (Phi) is 4.29. The SMILES string of the molecule is CC1CC(C(NN)c2ccc(C(C)(C)C)cc2)CO1. The van der Waals surface area contributed by atoms with Crippen LogP contribution in [0.2, 0.25) is 0 Å². The van der Waals surface area contributed by atoms with Gasteiger partial charge < -0.3 is 4.74 Å². The van der Waals surface area contributed by atoms with Crippen molar-refractivity contribution in [2.45, 2.75) is 51.7 Å². The first kappa shape index (κ1) is 14.5. The minimum Gasteiger partial charge on any atom is -0.378 e. The fourth-order valence-electron chi connectivity index (χ4n) is 2.78. The summed E-state index contributed by atoms with van der Waals surface area (Å²) in [6, 6.07) is 8.97. The van der Waals surface area contributed by atoms with Gasteiger partial charge in [-0.1, -0.05) is 45.0 Å². The summed E-state index contributed by atoms with van der Waals surface area (Å²) in [6.07, 6.45) is 1.41. The smallest absolute Gasteiger partial charge is 0.0551 e. The monoisotopic (exact) mass is 262 g/mol. The lowest BCUT2D eigenvalue weighted by Crippen LogP contribution is -2.34. The molecule has 2 rings (SSSR count). The molecule has 1 fully saturated rings. The highest BCUT2D eigenvalue weighted by atomic mass is 16.5. The number of hydrazine groups is 1. The van der Waals surface area contributed by atoms with E-state index in [4.69, 9.17) is 10.6 Å². The molecule has 19 heavy (non-hydrogen) atoms. The van der Waals surface area contributed by atoms with Gasteiger partial charge in [0.25, 0.3) is 0 Å². The second-order valence-corrected chi connectivity index (χ2v) is 6.66. The zero-order valence-electron chi connectivity index (χ0n) is 12.4. The summed E-state index contributed by atoms with van der Waals surface area (Å²) in [6.45, 7) is 9.60. The van der Waals surface area contributed by atoms with E-state index in [0.717, 1.165) is 13.0 Å². The molecule has 3 nitrogen and oxygen atoms in total. The number of ether oxygens (including phenoxy) is 1. The number of rotatable bonds is 3. The van der Waals surface area contributed by atoms with E-state index in [1.165, 1.54) is 11.1 Å². The maximum Gasteiger partial charge on any atom is 0.0551 e. The van der Waals surface area contributed by atoms with Crippen molar-refractivity contribution in [1.82, 2.24) is 5.43 Å². The van der Waals surface area contributed by atoms with E-state index in [1.54, 1.807) is 0 Å². The number of benzene rings is 1. The van der Waals surface area contributed by atoms with Crippen LogP contribution in [0.4, 0.5) is 0 Å². The Morgan fingerprint density at radius 1 is 1.26 bits per heavy atom. The molecule has 0 aromatic heterocycles. The zero-order chi connectivity index (χ0) is 14.0. The highest BCUT2D eigenvalue weighted by Gasteiger charge is 2.30.